The lowest BCUT2D eigenvalue weighted by atomic mass is 10.2. The van der Waals surface area contributed by atoms with Crippen LogP contribution in [0.4, 0.5) is 0 Å². The Bertz CT molecular complexity index is 1050. The van der Waals surface area contributed by atoms with Gasteiger partial charge in [0, 0.05) is 11.6 Å². The van der Waals surface area contributed by atoms with Crippen LogP contribution < -0.4 is 5.56 Å². The number of pyridine rings is 1. The topological polar surface area (TPSA) is 60.2 Å². The first-order chi connectivity index (χ1) is 10.3. The molecule has 3 aromatic heterocycles. The van der Waals surface area contributed by atoms with Crippen LogP contribution in [0.1, 0.15) is 12.6 Å². The predicted molar refractivity (Wildman–Crippen MR) is 81.4 cm³/mol. The number of rotatable bonds is 1. The average Bonchev–Trinajstić information content (AvgIpc) is 2.54. The van der Waals surface area contributed by atoms with Gasteiger partial charge in [-0.3, -0.25) is 4.79 Å². The van der Waals surface area contributed by atoms with E-state index < -0.39 is 0 Å². The van der Waals surface area contributed by atoms with Crippen LogP contribution >= 0.6 is 0 Å². The zero-order valence-corrected chi connectivity index (χ0v) is 11.4. The maximum atomic E-state index is 12.7. The van der Waals surface area contributed by atoms with Crippen molar-refractivity contribution in [3.8, 4) is 0 Å². The smallest absolute Gasteiger partial charge is 0.268 e. The first kappa shape index (κ1) is 12.0. The van der Waals surface area contributed by atoms with Gasteiger partial charge >= 0.3 is 0 Å². The lowest BCUT2D eigenvalue weighted by molar-refractivity contribution is 0.984. The monoisotopic (exact) mass is 276 g/mol. The average molecular weight is 276 g/mol. The first-order valence-electron chi connectivity index (χ1n) is 6.84. The zero-order chi connectivity index (χ0) is 14.4. The minimum Gasteiger partial charge on any atom is -0.268 e. The summed E-state index contributed by atoms with van der Waals surface area (Å²) in [6.07, 6.45) is 2.45. The third kappa shape index (κ3) is 1.64. The molecule has 0 fully saturated rings. The number of hydrogen-bond donors (Lipinski definition) is 0. The molecule has 0 amide bonds. The zero-order valence-electron chi connectivity index (χ0n) is 11.4. The van der Waals surface area contributed by atoms with E-state index in [0.717, 1.165) is 17.5 Å². The molecular formula is C16H12N4O. The third-order valence-electron chi connectivity index (χ3n) is 3.64. The van der Waals surface area contributed by atoms with Crippen molar-refractivity contribution in [3.05, 3.63) is 58.6 Å². The summed E-state index contributed by atoms with van der Waals surface area (Å²) in [6.45, 7) is 2.03. The van der Waals surface area contributed by atoms with E-state index in [1.54, 1.807) is 12.3 Å². The van der Waals surface area contributed by atoms with Crippen molar-refractivity contribution >= 4 is 27.7 Å². The van der Waals surface area contributed by atoms with Gasteiger partial charge in [-0.2, -0.15) is 0 Å². The highest BCUT2D eigenvalue weighted by Crippen LogP contribution is 2.17. The van der Waals surface area contributed by atoms with Crippen LogP contribution in [0.25, 0.3) is 27.7 Å². The number of nitrogens with zero attached hydrogens (tertiary/aromatic N) is 4. The SMILES string of the molecule is CCc1nc2nc3ccccc3c(=O)n2c2ncccc12. The van der Waals surface area contributed by atoms with E-state index in [1.807, 2.05) is 37.3 Å². The lowest BCUT2D eigenvalue weighted by Crippen LogP contribution is -2.18. The van der Waals surface area contributed by atoms with Crippen molar-refractivity contribution in [2.75, 3.05) is 0 Å². The van der Waals surface area contributed by atoms with Crippen LogP contribution in [0.2, 0.25) is 0 Å². The van der Waals surface area contributed by atoms with Gasteiger partial charge < -0.3 is 0 Å². The Morgan fingerprint density at radius 1 is 1.05 bits per heavy atom. The second-order valence-electron chi connectivity index (χ2n) is 4.86. The number of hydrogen-bond acceptors (Lipinski definition) is 4. The van der Waals surface area contributed by atoms with Crippen molar-refractivity contribution in [1.82, 2.24) is 19.4 Å². The fraction of sp³-hybridized carbons (Fsp3) is 0.125. The van der Waals surface area contributed by atoms with Crippen molar-refractivity contribution in [2.24, 2.45) is 0 Å². The number of benzene rings is 1. The molecule has 4 aromatic rings. The van der Waals surface area contributed by atoms with Gasteiger partial charge in [0.15, 0.2) is 5.65 Å². The van der Waals surface area contributed by atoms with E-state index in [1.165, 1.54) is 4.40 Å². The van der Waals surface area contributed by atoms with Gasteiger partial charge in [0.25, 0.3) is 5.56 Å². The largest absolute Gasteiger partial charge is 0.268 e. The van der Waals surface area contributed by atoms with Gasteiger partial charge in [-0.15, -0.1) is 0 Å². The Kier molecular flexibility index (Phi) is 2.47. The number of fused-ring (bicyclic) bond motifs is 4. The summed E-state index contributed by atoms with van der Waals surface area (Å²) in [4.78, 5) is 26.2. The van der Waals surface area contributed by atoms with Crippen molar-refractivity contribution in [3.63, 3.8) is 0 Å². The summed E-state index contributed by atoms with van der Waals surface area (Å²) >= 11 is 0. The van der Waals surface area contributed by atoms with Gasteiger partial charge in [-0.1, -0.05) is 19.1 Å². The maximum absolute atomic E-state index is 12.7. The molecule has 0 atom stereocenters. The van der Waals surface area contributed by atoms with Crippen molar-refractivity contribution in [1.29, 1.82) is 0 Å². The summed E-state index contributed by atoms with van der Waals surface area (Å²) in [7, 11) is 0. The lowest BCUT2D eigenvalue weighted by Gasteiger charge is -2.08. The second-order valence-corrected chi connectivity index (χ2v) is 4.86. The summed E-state index contributed by atoms with van der Waals surface area (Å²) in [6, 6.07) is 11.1. The van der Waals surface area contributed by atoms with Gasteiger partial charge in [-0.25, -0.2) is 19.4 Å². The quantitative estimate of drug-likeness (QED) is 0.395. The minimum atomic E-state index is -0.130. The van der Waals surface area contributed by atoms with Crippen LogP contribution in [0, 0.1) is 0 Å². The molecule has 102 valence electrons. The second kappa shape index (κ2) is 4.34. The summed E-state index contributed by atoms with van der Waals surface area (Å²) in [5.74, 6) is 0.404. The fourth-order valence-electron chi connectivity index (χ4n) is 2.64. The molecule has 0 saturated carbocycles. The van der Waals surface area contributed by atoms with Crippen LogP contribution in [0.5, 0.6) is 0 Å². The van der Waals surface area contributed by atoms with Gasteiger partial charge in [0.1, 0.15) is 0 Å². The Hall–Kier alpha value is -2.82. The Morgan fingerprint density at radius 3 is 2.71 bits per heavy atom. The number of para-hydroxylation sites is 1. The van der Waals surface area contributed by atoms with E-state index in [-0.39, 0.29) is 5.56 Å². The summed E-state index contributed by atoms with van der Waals surface area (Å²) in [5.41, 5.74) is 2.05. The minimum absolute atomic E-state index is 0.130. The highest BCUT2D eigenvalue weighted by molar-refractivity contribution is 5.84. The van der Waals surface area contributed by atoms with Crippen LogP contribution in [0.3, 0.4) is 0 Å². The predicted octanol–water partition coefficient (Wildman–Crippen LogP) is 2.35. The van der Waals surface area contributed by atoms with Gasteiger partial charge in [-0.05, 0) is 30.7 Å². The Morgan fingerprint density at radius 2 is 1.86 bits per heavy atom. The normalized spacial score (nSPS) is 11.5. The number of aryl methyl sites for hydroxylation is 1. The molecule has 3 heterocycles. The summed E-state index contributed by atoms with van der Waals surface area (Å²) < 4.78 is 1.50. The molecule has 0 aliphatic carbocycles. The molecule has 1 aromatic carbocycles. The standard InChI is InChI=1S/C16H12N4O/c1-2-12-10-7-5-9-17-14(10)20-15(21)11-6-3-4-8-13(11)19-16(20)18-12/h3-9H,2H2,1H3. The first-order valence-corrected chi connectivity index (χ1v) is 6.84. The number of aromatic nitrogens is 4. The van der Waals surface area contributed by atoms with E-state index in [2.05, 4.69) is 15.0 Å². The van der Waals surface area contributed by atoms with Crippen molar-refractivity contribution in [2.45, 2.75) is 13.3 Å². The molecule has 5 heteroatoms. The molecule has 0 aliphatic heterocycles. The molecule has 0 spiro atoms. The Balaban J connectivity index is 2.35. The van der Waals surface area contributed by atoms with Gasteiger partial charge in [0.2, 0.25) is 5.78 Å². The highest BCUT2D eigenvalue weighted by atomic mass is 16.1. The molecule has 0 bridgehead atoms. The van der Waals surface area contributed by atoms with Crippen LogP contribution in [-0.2, 0) is 6.42 Å². The van der Waals surface area contributed by atoms with E-state index in [0.29, 0.717) is 22.3 Å². The molecule has 4 rings (SSSR count). The van der Waals surface area contributed by atoms with Gasteiger partial charge in [0.05, 0.1) is 16.6 Å². The third-order valence-corrected chi connectivity index (χ3v) is 3.64. The fourth-order valence-corrected chi connectivity index (χ4v) is 2.64. The van der Waals surface area contributed by atoms with E-state index in [9.17, 15) is 4.79 Å². The van der Waals surface area contributed by atoms with E-state index >= 15 is 0 Å². The highest BCUT2D eigenvalue weighted by Gasteiger charge is 2.12. The molecule has 5 nitrogen and oxygen atoms in total. The van der Waals surface area contributed by atoms with Crippen LogP contribution in [-0.4, -0.2) is 19.4 Å². The maximum Gasteiger partial charge on any atom is 0.268 e. The van der Waals surface area contributed by atoms with E-state index in [4.69, 9.17) is 0 Å². The molecule has 0 saturated heterocycles. The molecule has 0 aliphatic rings. The molecule has 21 heavy (non-hydrogen) atoms. The summed E-state index contributed by atoms with van der Waals surface area (Å²) in [5, 5.41) is 1.47. The van der Waals surface area contributed by atoms with Crippen molar-refractivity contribution < 1.29 is 0 Å². The Labute approximate surface area is 119 Å². The molecule has 0 radical (unpaired) electrons. The molecule has 0 N–H and O–H groups in total. The molecule has 0 unspecified atom stereocenters. The van der Waals surface area contributed by atoms with Crippen LogP contribution in [0.15, 0.2) is 47.4 Å². The molecular weight excluding hydrogens is 264 g/mol.